The SMILES string of the molecule is CC(C)(C)c1ccc(-c2ccc(C(C)(C)C)cc2N(c2ccc3c(c2)C(C)(C)c2ccccc2-3)c2cc(C(C)(C)C)ccc2-c2ccc(C(C)(C)C)cc2)cc1. The minimum absolute atomic E-state index is 0.0461. The molecule has 7 rings (SSSR count). The summed E-state index contributed by atoms with van der Waals surface area (Å²) in [5.74, 6) is 0. The molecule has 6 aromatic carbocycles. The van der Waals surface area contributed by atoms with Gasteiger partial charge in [-0.05, 0) is 102 Å². The fourth-order valence-electron chi connectivity index (χ4n) is 8.39. The molecule has 0 amide bonds. The number of rotatable bonds is 5. The molecular formula is C55H63N. The average molecular weight is 738 g/mol. The molecule has 0 unspecified atom stereocenters. The van der Waals surface area contributed by atoms with Crippen molar-refractivity contribution in [3.63, 3.8) is 0 Å². The van der Waals surface area contributed by atoms with Crippen LogP contribution in [0.25, 0.3) is 33.4 Å². The minimum atomic E-state index is -0.134. The predicted molar refractivity (Wildman–Crippen MR) is 244 cm³/mol. The van der Waals surface area contributed by atoms with Gasteiger partial charge >= 0.3 is 0 Å². The van der Waals surface area contributed by atoms with Crippen LogP contribution in [0, 0.1) is 0 Å². The molecule has 0 bridgehead atoms. The second-order valence-corrected chi connectivity index (χ2v) is 20.9. The average Bonchev–Trinajstić information content (AvgIpc) is 3.36. The van der Waals surface area contributed by atoms with Gasteiger partial charge in [0.15, 0.2) is 0 Å². The molecule has 0 spiro atoms. The molecule has 0 atom stereocenters. The van der Waals surface area contributed by atoms with Crippen molar-refractivity contribution in [1.29, 1.82) is 0 Å². The van der Waals surface area contributed by atoms with Gasteiger partial charge in [0.25, 0.3) is 0 Å². The van der Waals surface area contributed by atoms with E-state index >= 15 is 0 Å². The molecule has 1 aliphatic rings. The molecule has 0 saturated carbocycles. The molecule has 0 radical (unpaired) electrons. The van der Waals surface area contributed by atoms with Crippen LogP contribution in [0.5, 0.6) is 0 Å². The van der Waals surface area contributed by atoms with Crippen LogP contribution in [-0.4, -0.2) is 0 Å². The second kappa shape index (κ2) is 13.7. The maximum atomic E-state index is 2.59. The van der Waals surface area contributed by atoms with E-state index in [1.165, 1.54) is 83.8 Å². The lowest BCUT2D eigenvalue weighted by Gasteiger charge is -2.34. The Hall–Kier alpha value is -4.88. The van der Waals surface area contributed by atoms with Crippen LogP contribution < -0.4 is 4.90 Å². The van der Waals surface area contributed by atoms with Crippen molar-refractivity contribution in [3.8, 4) is 33.4 Å². The van der Waals surface area contributed by atoms with Gasteiger partial charge in [-0.3, -0.25) is 0 Å². The Morgan fingerprint density at radius 3 is 1.16 bits per heavy atom. The van der Waals surface area contributed by atoms with E-state index in [2.05, 4.69) is 229 Å². The quantitative estimate of drug-likeness (QED) is 0.170. The highest BCUT2D eigenvalue weighted by Gasteiger charge is 2.36. The zero-order valence-corrected chi connectivity index (χ0v) is 36.6. The van der Waals surface area contributed by atoms with Gasteiger partial charge in [-0.25, -0.2) is 0 Å². The van der Waals surface area contributed by atoms with Crippen molar-refractivity contribution in [2.24, 2.45) is 0 Å². The van der Waals surface area contributed by atoms with Gasteiger partial charge in [0.05, 0.1) is 11.4 Å². The van der Waals surface area contributed by atoms with E-state index in [1.807, 2.05) is 0 Å². The van der Waals surface area contributed by atoms with E-state index in [4.69, 9.17) is 0 Å². The van der Waals surface area contributed by atoms with Crippen molar-refractivity contribution < 1.29 is 0 Å². The Balaban J connectivity index is 1.57. The fourth-order valence-corrected chi connectivity index (χ4v) is 8.39. The molecule has 56 heavy (non-hydrogen) atoms. The number of benzene rings is 6. The molecule has 0 N–H and O–H groups in total. The van der Waals surface area contributed by atoms with Crippen LogP contribution in [-0.2, 0) is 27.1 Å². The van der Waals surface area contributed by atoms with Crippen molar-refractivity contribution in [2.45, 2.75) is 124 Å². The van der Waals surface area contributed by atoms with E-state index < -0.39 is 0 Å². The molecule has 288 valence electrons. The van der Waals surface area contributed by atoms with Crippen LogP contribution in [0.2, 0.25) is 0 Å². The zero-order valence-electron chi connectivity index (χ0n) is 36.6. The van der Waals surface area contributed by atoms with E-state index in [1.54, 1.807) is 0 Å². The first-order valence-electron chi connectivity index (χ1n) is 20.6. The van der Waals surface area contributed by atoms with Gasteiger partial charge in [-0.1, -0.05) is 200 Å². The summed E-state index contributed by atoms with van der Waals surface area (Å²) in [5.41, 5.74) is 19.1. The van der Waals surface area contributed by atoms with Crippen LogP contribution in [0.3, 0.4) is 0 Å². The highest BCUT2D eigenvalue weighted by atomic mass is 15.1. The highest BCUT2D eigenvalue weighted by molar-refractivity contribution is 5.95. The summed E-state index contributed by atoms with van der Waals surface area (Å²) in [4.78, 5) is 2.59. The van der Waals surface area contributed by atoms with E-state index in [9.17, 15) is 0 Å². The Morgan fingerprint density at radius 2 is 0.732 bits per heavy atom. The van der Waals surface area contributed by atoms with Crippen LogP contribution in [0.15, 0.2) is 127 Å². The Bertz CT molecular complexity index is 2270. The largest absolute Gasteiger partial charge is 0.309 e. The van der Waals surface area contributed by atoms with Gasteiger partial charge in [-0.2, -0.15) is 0 Å². The maximum absolute atomic E-state index is 2.59. The summed E-state index contributed by atoms with van der Waals surface area (Å²) in [5, 5.41) is 0. The lowest BCUT2D eigenvalue weighted by Crippen LogP contribution is -2.19. The Kier molecular flexibility index (Phi) is 9.59. The van der Waals surface area contributed by atoms with Gasteiger partial charge in [0, 0.05) is 22.2 Å². The first-order chi connectivity index (χ1) is 26.0. The molecular weight excluding hydrogens is 675 g/mol. The summed E-state index contributed by atoms with van der Waals surface area (Å²) in [7, 11) is 0. The van der Waals surface area contributed by atoms with Gasteiger partial charge in [-0.15, -0.1) is 0 Å². The molecule has 6 aromatic rings. The van der Waals surface area contributed by atoms with Crippen LogP contribution >= 0.6 is 0 Å². The van der Waals surface area contributed by atoms with E-state index in [0.717, 1.165) is 0 Å². The van der Waals surface area contributed by atoms with Crippen LogP contribution in [0.1, 0.15) is 130 Å². The third-order valence-electron chi connectivity index (χ3n) is 12.2. The minimum Gasteiger partial charge on any atom is -0.309 e. The zero-order chi connectivity index (χ0) is 40.6. The monoisotopic (exact) mass is 737 g/mol. The number of anilines is 3. The lowest BCUT2D eigenvalue weighted by molar-refractivity contribution is 0.589. The topological polar surface area (TPSA) is 3.24 Å². The molecule has 0 heterocycles. The molecule has 0 aliphatic heterocycles. The standard InChI is InChI=1S/C55H63N/c1-51(2,3)38-23-19-36(20-24-38)43-30-27-40(53(7,8)9)33-49(43)56(42-29-32-46-45-17-15-16-18-47(45)55(13,14)48(46)35-42)50-34-41(54(10,11)12)28-31-44(50)37-21-25-39(26-22-37)52(4,5)6/h15-35H,1-14H3. The Labute approximate surface area is 338 Å². The number of hydrogen-bond donors (Lipinski definition) is 0. The number of hydrogen-bond acceptors (Lipinski definition) is 1. The molecule has 0 fully saturated rings. The third kappa shape index (κ3) is 7.27. The summed E-state index contributed by atoms with van der Waals surface area (Å²) < 4.78 is 0. The van der Waals surface area contributed by atoms with Gasteiger partial charge in [0.2, 0.25) is 0 Å². The highest BCUT2D eigenvalue weighted by Crippen LogP contribution is 2.53. The summed E-state index contributed by atoms with van der Waals surface area (Å²) >= 11 is 0. The van der Waals surface area contributed by atoms with Crippen molar-refractivity contribution in [2.75, 3.05) is 4.90 Å². The third-order valence-corrected chi connectivity index (χ3v) is 12.2. The van der Waals surface area contributed by atoms with E-state index in [-0.39, 0.29) is 27.1 Å². The lowest BCUT2D eigenvalue weighted by atomic mass is 9.82. The fraction of sp³-hybridized carbons (Fsp3) is 0.345. The number of fused-ring (bicyclic) bond motifs is 3. The summed E-state index contributed by atoms with van der Waals surface area (Å²) in [6, 6.07) is 49.1. The van der Waals surface area contributed by atoms with Crippen LogP contribution in [0.4, 0.5) is 17.1 Å². The van der Waals surface area contributed by atoms with Gasteiger partial charge in [0.1, 0.15) is 0 Å². The summed E-state index contributed by atoms with van der Waals surface area (Å²) in [6.45, 7) is 32.5. The Morgan fingerprint density at radius 1 is 0.357 bits per heavy atom. The normalized spacial score (nSPS) is 14.0. The van der Waals surface area contributed by atoms with Crippen molar-refractivity contribution >= 4 is 17.1 Å². The molecule has 1 nitrogen and oxygen atoms in total. The predicted octanol–water partition coefficient (Wildman–Crippen LogP) is 16.0. The molecule has 0 saturated heterocycles. The van der Waals surface area contributed by atoms with Crippen molar-refractivity contribution in [3.05, 3.63) is 161 Å². The molecule has 0 aromatic heterocycles. The number of nitrogens with zero attached hydrogens (tertiary/aromatic N) is 1. The van der Waals surface area contributed by atoms with E-state index in [0.29, 0.717) is 0 Å². The summed E-state index contributed by atoms with van der Waals surface area (Å²) in [6.07, 6.45) is 0. The molecule has 1 aliphatic carbocycles. The first-order valence-corrected chi connectivity index (χ1v) is 20.6. The van der Waals surface area contributed by atoms with Crippen molar-refractivity contribution in [1.82, 2.24) is 0 Å². The van der Waals surface area contributed by atoms with Gasteiger partial charge < -0.3 is 4.90 Å². The smallest absolute Gasteiger partial charge is 0.0543 e. The second-order valence-electron chi connectivity index (χ2n) is 20.9. The maximum Gasteiger partial charge on any atom is 0.0543 e. The first kappa shape index (κ1) is 39.4. The molecule has 1 heteroatoms.